The van der Waals surface area contributed by atoms with E-state index in [4.69, 9.17) is 4.42 Å². The van der Waals surface area contributed by atoms with E-state index in [9.17, 15) is 20.1 Å². The molecule has 134 valence electrons. The molecule has 2 rings (SSSR count). The van der Waals surface area contributed by atoms with Crippen LogP contribution in [0.4, 0.5) is 0 Å². The van der Waals surface area contributed by atoms with E-state index in [1.165, 1.54) is 6.92 Å². The van der Waals surface area contributed by atoms with Gasteiger partial charge in [0.1, 0.15) is 28.2 Å². The number of allylic oxidation sites excluding steroid dienone is 4. The topological polar surface area (TPSA) is 90.9 Å². The van der Waals surface area contributed by atoms with Crippen LogP contribution in [-0.2, 0) is 12.8 Å². The normalized spacial score (nSPS) is 10.8. The van der Waals surface area contributed by atoms with Gasteiger partial charge in [-0.2, -0.15) is 0 Å². The molecule has 0 spiro atoms. The number of hydrogen-bond donors (Lipinski definition) is 3. The third kappa shape index (κ3) is 3.55. The molecule has 2 aromatic rings. The predicted octanol–water partition coefficient (Wildman–Crippen LogP) is 4.24. The van der Waals surface area contributed by atoms with Crippen molar-refractivity contribution in [2.45, 2.75) is 47.5 Å². The van der Waals surface area contributed by atoms with Gasteiger partial charge >= 0.3 is 0 Å². The predicted molar refractivity (Wildman–Crippen MR) is 98.5 cm³/mol. The summed E-state index contributed by atoms with van der Waals surface area (Å²) in [4.78, 5) is 12.5. The Morgan fingerprint density at radius 3 is 1.92 bits per heavy atom. The largest absolute Gasteiger partial charge is 0.507 e. The van der Waals surface area contributed by atoms with Gasteiger partial charge in [-0.25, -0.2) is 0 Å². The van der Waals surface area contributed by atoms with E-state index in [1.807, 2.05) is 39.8 Å². The molecule has 25 heavy (non-hydrogen) atoms. The molecule has 0 fully saturated rings. The van der Waals surface area contributed by atoms with Crippen LogP contribution in [0.5, 0.6) is 17.2 Å². The molecular formula is C20H24O5. The molecule has 1 aromatic carbocycles. The highest BCUT2D eigenvalue weighted by molar-refractivity contribution is 5.91. The van der Waals surface area contributed by atoms with E-state index in [0.717, 1.165) is 11.1 Å². The molecular weight excluding hydrogens is 320 g/mol. The van der Waals surface area contributed by atoms with Gasteiger partial charge in [0.2, 0.25) is 11.2 Å². The van der Waals surface area contributed by atoms with Gasteiger partial charge in [0, 0.05) is 11.1 Å². The standard InChI is InChI=1S/C20H24O5/c1-10(2)6-8-13-17(22)14(9-7-11(3)4)20-15(18(13)23)19(24)16(21)12(5)25-20/h6-7,21-23H,8-9H2,1-5H3. The van der Waals surface area contributed by atoms with Crippen LogP contribution < -0.4 is 5.43 Å². The Labute approximate surface area is 146 Å². The summed E-state index contributed by atoms with van der Waals surface area (Å²) >= 11 is 0. The zero-order valence-corrected chi connectivity index (χ0v) is 15.2. The summed E-state index contributed by atoms with van der Waals surface area (Å²) in [6.45, 7) is 9.13. The van der Waals surface area contributed by atoms with E-state index >= 15 is 0 Å². The van der Waals surface area contributed by atoms with E-state index < -0.39 is 11.2 Å². The van der Waals surface area contributed by atoms with E-state index in [0.29, 0.717) is 12.0 Å². The van der Waals surface area contributed by atoms with Gasteiger partial charge in [-0.3, -0.25) is 4.79 Å². The number of phenolic OH excluding ortho intramolecular Hbond substituents is 2. The Morgan fingerprint density at radius 1 is 0.880 bits per heavy atom. The molecule has 5 nitrogen and oxygen atoms in total. The van der Waals surface area contributed by atoms with Crippen molar-refractivity contribution in [3.8, 4) is 17.2 Å². The first kappa shape index (κ1) is 18.6. The lowest BCUT2D eigenvalue weighted by Gasteiger charge is -2.14. The summed E-state index contributed by atoms with van der Waals surface area (Å²) in [7, 11) is 0. The number of phenols is 2. The number of fused-ring (bicyclic) bond motifs is 1. The van der Waals surface area contributed by atoms with Gasteiger partial charge in [0.05, 0.1) is 0 Å². The minimum absolute atomic E-state index is 0.0480. The van der Waals surface area contributed by atoms with Gasteiger partial charge in [-0.15, -0.1) is 0 Å². The maximum atomic E-state index is 12.5. The number of aryl methyl sites for hydroxylation is 1. The Kier molecular flexibility index (Phi) is 5.26. The monoisotopic (exact) mass is 344 g/mol. The average Bonchev–Trinajstić information content (AvgIpc) is 2.51. The molecule has 0 bridgehead atoms. The van der Waals surface area contributed by atoms with Crippen molar-refractivity contribution in [1.82, 2.24) is 0 Å². The van der Waals surface area contributed by atoms with Gasteiger partial charge in [0.15, 0.2) is 0 Å². The molecule has 1 heterocycles. The van der Waals surface area contributed by atoms with Crippen LogP contribution in [0.3, 0.4) is 0 Å². The van der Waals surface area contributed by atoms with Crippen LogP contribution in [0.15, 0.2) is 32.5 Å². The first-order valence-electron chi connectivity index (χ1n) is 8.13. The molecule has 5 heteroatoms. The van der Waals surface area contributed by atoms with Crippen LogP contribution in [0, 0.1) is 6.92 Å². The average molecular weight is 344 g/mol. The quantitative estimate of drug-likeness (QED) is 0.722. The summed E-state index contributed by atoms with van der Waals surface area (Å²) in [6, 6.07) is 0. The van der Waals surface area contributed by atoms with Crippen molar-refractivity contribution >= 4 is 11.0 Å². The van der Waals surface area contributed by atoms with Crippen molar-refractivity contribution in [3.05, 3.63) is 50.4 Å². The third-order valence-electron chi connectivity index (χ3n) is 4.06. The zero-order valence-electron chi connectivity index (χ0n) is 15.2. The Balaban J connectivity index is 2.93. The van der Waals surface area contributed by atoms with Gasteiger partial charge < -0.3 is 19.7 Å². The lowest BCUT2D eigenvalue weighted by molar-refractivity contribution is 0.416. The van der Waals surface area contributed by atoms with Crippen LogP contribution >= 0.6 is 0 Å². The van der Waals surface area contributed by atoms with Gasteiger partial charge in [-0.05, 0) is 47.5 Å². The van der Waals surface area contributed by atoms with Crippen LogP contribution in [0.1, 0.15) is 44.6 Å². The van der Waals surface area contributed by atoms with Crippen molar-refractivity contribution < 1.29 is 19.7 Å². The van der Waals surface area contributed by atoms with E-state index in [2.05, 4.69) is 0 Å². The molecule has 3 N–H and O–H groups in total. The molecule has 1 aromatic heterocycles. The summed E-state index contributed by atoms with van der Waals surface area (Å²) in [5.74, 6) is -0.926. The second-order valence-electron chi connectivity index (χ2n) is 6.67. The second kappa shape index (κ2) is 7.05. The fraction of sp³-hybridized carbons (Fsp3) is 0.350. The molecule has 0 atom stereocenters. The fourth-order valence-corrected chi connectivity index (χ4v) is 2.61. The van der Waals surface area contributed by atoms with Gasteiger partial charge in [0.25, 0.3) is 0 Å². The minimum Gasteiger partial charge on any atom is -0.507 e. The summed E-state index contributed by atoms with van der Waals surface area (Å²) < 4.78 is 5.56. The maximum absolute atomic E-state index is 12.5. The Hall–Kier alpha value is -2.69. The first-order chi connectivity index (χ1) is 11.6. The minimum atomic E-state index is -0.701. The molecule has 0 radical (unpaired) electrons. The Morgan fingerprint density at radius 2 is 1.40 bits per heavy atom. The summed E-state index contributed by atoms with van der Waals surface area (Å²) in [5, 5.41) is 31.1. The molecule has 0 saturated heterocycles. The van der Waals surface area contributed by atoms with Gasteiger partial charge in [-0.1, -0.05) is 23.3 Å². The van der Waals surface area contributed by atoms with Crippen LogP contribution in [0.2, 0.25) is 0 Å². The third-order valence-corrected chi connectivity index (χ3v) is 4.06. The zero-order chi connectivity index (χ0) is 18.9. The number of aromatic hydroxyl groups is 3. The molecule has 0 aliphatic carbocycles. The maximum Gasteiger partial charge on any atom is 0.238 e. The SMILES string of the molecule is CC(C)=CCc1c(O)c(CC=C(C)C)c2oc(C)c(O)c(=O)c2c1O. The van der Waals surface area contributed by atoms with Crippen molar-refractivity contribution in [3.63, 3.8) is 0 Å². The smallest absolute Gasteiger partial charge is 0.238 e. The summed E-state index contributed by atoms with van der Waals surface area (Å²) in [5.41, 5.74) is 2.14. The number of hydrogen-bond acceptors (Lipinski definition) is 5. The van der Waals surface area contributed by atoms with Crippen molar-refractivity contribution in [1.29, 1.82) is 0 Å². The van der Waals surface area contributed by atoms with Crippen LogP contribution in [-0.4, -0.2) is 15.3 Å². The highest BCUT2D eigenvalue weighted by atomic mass is 16.4. The molecule has 0 unspecified atom stereocenters. The molecule has 0 aliphatic rings. The molecule has 0 saturated carbocycles. The lowest BCUT2D eigenvalue weighted by Crippen LogP contribution is -2.06. The van der Waals surface area contributed by atoms with Crippen molar-refractivity contribution in [2.75, 3.05) is 0 Å². The molecule has 0 aliphatic heterocycles. The fourth-order valence-electron chi connectivity index (χ4n) is 2.61. The number of rotatable bonds is 4. The summed E-state index contributed by atoms with van der Waals surface area (Å²) in [6.07, 6.45) is 4.37. The Bertz CT molecular complexity index is 937. The highest BCUT2D eigenvalue weighted by Crippen LogP contribution is 2.40. The van der Waals surface area contributed by atoms with Crippen LogP contribution in [0.25, 0.3) is 11.0 Å². The lowest BCUT2D eigenvalue weighted by atomic mass is 9.96. The first-order valence-corrected chi connectivity index (χ1v) is 8.13. The van der Waals surface area contributed by atoms with E-state index in [-0.39, 0.29) is 40.2 Å². The van der Waals surface area contributed by atoms with Crippen molar-refractivity contribution in [2.24, 2.45) is 0 Å². The second-order valence-corrected chi connectivity index (χ2v) is 6.67. The number of benzene rings is 1. The highest BCUT2D eigenvalue weighted by Gasteiger charge is 2.24. The van der Waals surface area contributed by atoms with E-state index in [1.54, 1.807) is 0 Å². The molecule has 0 amide bonds.